The lowest BCUT2D eigenvalue weighted by Gasteiger charge is -2.12. The number of aliphatic hydroxyl groups is 1. The van der Waals surface area contributed by atoms with Crippen LogP contribution in [0.25, 0.3) is 11.1 Å². The van der Waals surface area contributed by atoms with Gasteiger partial charge in [-0.1, -0.05) is 46.4 Å². The second kappa shape index (κ2) is 5.64. The fraction of sp³-hybridized carbons (Fsp3) is 0.0833. The van der Waals surface area contributed by atoms with E-state index in [4.69, 9.17) is 46.4 Å². The molecule has 2 nitrogen and oxygen atoms in total. The van der Waals surface area contributed by atoms with E-state index in [0.717, 1.165) is 0 Å². The minimum Gasteiger partial charge on any atom is -0.392 e. The quantitative estimate of drug-likeness (QED) is 0.801. The molecule has 0 spiro atoms. The minimum atomic E-state index is -0.188. The molecule has 0 fully saturated rings. The Balaban J connectivity index is 2.77. The van der Waals surface area contributed by atoms with Gasteiger partial charge >= 0.3 is 0 Å². The van der Waals surface area contributed by atoms with Crippen LogP contribution in [0.5, 0.6) is 0 Å². The van der Waals surface area contributed by atoms with E-state index in [0.29, 0.717) is 31.8 Å². The summed E-state index contributed by atoms with van der Waals surface area (Å²) in [5.74, 6) is 0. The maximum Gasteiger partial charge on any atom is 0.137 e. The number of nitrogens with zero attached hydrogens (tertiary/aromatic N) is 1. The number of aliphatic hydroxyl groups excluding tert-OH is 1. The van der Waals surface area contributed by atoms with Gasteiger partial charge in [0, 0.05) is 22.3 Å². The number of aromatic nitrogens is 1. The Kier molecular flexibility index (Phi) is 4.36. The third-order valence-electron chi connectivity index (χ3n) is 2.42. The molecule has 0 saturated heterocycles. The molecule has 1 aromatic carbocycles. The van der Waals surface area contributed by atoms with Crippen molar-refractivity contribution >= 4 is 46.4 Å². The summed E-state index contributed by atoms with van der Waals surface area (Å²) in [6.07, 6.45) is 1.51. The summed E-state index contributed by atoms with van der Waals surface area (Å²) < 4.78 is 0. The van der Waals surface area contributed by atoms with Crippen molar-refractivity contribution in [3.63, 3.8) is 0 Å². The van der Waals surface area contributed by atoms with Crippen molar-refractivity contribution in [1.29, 1.82) is 0 Å². The van der Waals surface area contributed by atoms with Gasteiger partial charge in [0.25, 0.3) is 0 Å². The van der Waals surface area contributed by atoms with Gasteiger partial charge in [-0.2, -0.15) is 0 Å². The highest BCUT2D eigenvalue weighted by atomic mass is 35.5. The van der Waals surface area contributed by atoms with Crippen molar-refractivity contribution in [2.75, 3.05) is 0 Å². The average molecular weight is 323 g/mol. The third-order valence-corrected chi connectivity index (χ3v) is 3.52. The Morgan fingerprint density at radius 3 is 2.17 bits per heavy atom. The molecule has 18 heavy (non-hydrogen) atoms. The molecule has 0 aliphatic heterocycles. The van der Waals surface area contributed by atoms with Crippen LogP contribution >= 0.6 is 46.4 Å². The zero-order chi connectivity index (χ0) is 13.3. The first-order valence-electron chi connectivity index (χ1n) is 4.93. The number of benzene rings is 1. The number of hydrogen-bond donors (Lipinski definition) is 1. The molecule has 0 atom stereocenters. The highest BCUT2D eigenvalue weighted by Gasteiger charge is 2.17. The van der Waals surface area contributed by atoms with E-state index in [1.807, 2.05) is 0 Å². The first kappa shape index (κ1) is 13.9. The van der Waals surface area contributed by atoms with Gasteiger partial charge in [-0.05, 0) is 23.8 Å². The third kappa shape index (κ3) is 2.58. The molecule has 2 aromatic rings. The lowest BCUT2D eigenvalue weighted by atomic mass is 10.0. The molecule has 1 heterocycles. The molecule has 0 aliphatic rings. The topological polar surface area (TPSA) is 33.1 Å². The smallest absolute Gasteiger partial charge is 0.137 e. The second-order valence-electron chi connectivity index (χ2n) is 3.54. The number of rotatable bonds is 2. The van der Waals surface area contributed by atoms with Crippen LogP contribution in [0.3, 0.4) is 0 Å². The first-order chi connectivity index (χ1) is 8.54. The average Bonchev–Trinajstić information content (AvgIpc) is 2.29. The summed E-state index contributed by atoms with van der Waals surface area (Å²) in [7, 11) is 0. The fourth-order valence-electron chi connectivity index (χ4n) is 1.65. The molecule has 2 rings (SSSR count). The zero-order valence-corrected chi connectivity index (χ0v) is 11.9. The predicted octanol–water partition coefficient (Wildman–Crippen LogP) is 4.85. The molecule has 1 aromatic heterocycles. The Bertz CT molecular complexity index is 578. The molecule has 1 N–H and O–H groups in total. The normalized spacial score (nSPS) is 10.7. The first-order valence-corrected chi connectivity index (χ1v) is 6.45. The zero-order valence-electron chi connectivity index (χ0n) is 8.92. The highest BCUT2D eigenvalue weighted by Crippen LogP contribution is 2.41. The van der Waals surface area contributed by atoms with Crippen molar-refractivity contribution in [3.8, 4) is 11.1 Å². The van der Waals surface area contributed by atoms with E-state index in [-0.39, 0.29) is 11.8 Å². The van der Waals surface area contributed by atoms with E-state index in [1.165, 1.54) is 6.20 Å². The van der Waals surface area contributed by atoms with Crippen molar-refractivity contribution in [3.05, 3.63) is 50.2 Å². The minimum absolute atomic E-state index is 0.188. The summed E-state index contributed by atoms with van der Waals surface area (Å²) in [4.78, 5) is 3.97. The maximum atomic E-state index is 9.34. The van der Waals surface area contributed by atoms with Crippen LogP contribution < -0.4 is 0 Å². The molecule has 0 unspecified atom stereocenters. The van der Waals surface area contributed by atoms with E-state index >= 15 is 0 Å². The SMILES string of the molecule is OCc1ccnc(Cl)c1-c1c(Cl)cc(Cl)cc1Cl. The Morgan fingerprint density at radius 1 is 1.00 bits per heavy atom. The number of hydrogen-bond acceptors (Lipinski definition) is 2. The van der Waals surface area contributed by atoms with E-state index < -0.39 is 0 Å². The fourth-order valence-corrected chi connectivity index (χ4v) is 2.93. The lowest BCUT2D eigenvalue weighted by Crippen LogP contribution is -1.94. The summed E-state index contributed by atoms with van der Waals surface area (Å²) in [5.41, 5.74) is 1.64. The molecular weight excluding hydrogens is 316 g/mol. The van der Waals surface area contributed by atoms with Crippen LogP contribution in [-0.4, -0.2) is 10.1 Å². The van der Waals surface area contributed by atoms with Crippen molar-refractivity contribution in [1.82, 2.24) is 4.98 Å². The number of pyridine rings is 1. The summed E-state index contributed by atoms with van der Waals surface area (Å²) in [6.45, 7) is -0.188. The maximum absolute atomic E-state index is 9.34. The molecule has 0 aliphatic carbocycles. The number of halogens is 4. The molecular formula is C12H7Cl4NO. The summed E-state index contributed by atoms with van der Waals surface area (Å²) in [6, 6.07) is 4.78. The van der Waals surface area contributed by atoms with E-state index in [1.54, 1.807) is 18.2 Å². The van der Waals surface area contributed by atoms with E-state index in [2.05, 4.69) is 4.98 Å². The van der Waals surface area contributed by atoms with Gasteiger partial charge in [0.15, 0.2) is 0 Å². The van der Waals surface area contributed by atoms with Gasteiger partial charge in [-0.3, -0.25) is 0 Å². The van der Waals surface area contributed by atoms with Crippen molar-refractivity contribution in [2.24, 2.45) is 0 Å². The van der Waals surface area contributed by atoms with Crippen LogP contribution in [0, 0.1) is 0 Å². The van der Waals surface area contributed by atoms with Gasteiger partial charge in [0.05, 0.1) is 16.7 Å². The molecule has 0 bridgehead atoms. The van der Waals surface area contributed by atoms with Gasteiger partial charge in [0.1, 0.15) is 5.15 Å². The summed E-state index contributed by atoms with van der Waals surface area (Å²) in [5, 5.41) is 10.7. The van der Waals surface area contributed by atoms with Crippen molar-refractivity contribution < 1.29 is 5.11 Å². The van der Waals surface area contributed by atoms with Gasteiger partial charge in [-0.15, -0.1) is 0 Å². The molecule has 94 valence electrons. The van der Waals surface area contributed by atoms with Crippen LogP contribution in [-0.2, 0) is 6.61 Å². The molecule has 0 amide bonds. The molecule has 0 radical (unpaired) electrons. The monoisotopic (exact) mass is 321 g/mol. The van der Waals surface area contributed by atoms with Crippen LogP contribution in [0.4, 0.5) is 0 Å². The van der Waals surface area contributed by atoms with Crippen LogP contribution in [0.2, 0.25) is 20.2 Å². The van der Waals surface area contributed by atoms with Crippen LogP contribution in [0.1, 0.15) is 5.56 Å². The highest BCUT2D eigenvalue weighted by molar-refractivity contribution is 6.43. The standard InChI is InChI=1S/C12H7Cl4NO/c13-7-3-8(14)11(9(15)4-7)10-6(5-18)1-2-17-12(10)16/h1-4,18H,5H2. The second-order valence-corrected chi connectivity index (χ2v) is 5.15. The van der Waals surface area contributed by atoms with E-state index in [9.17, 15) is 5.11 Å². The largest absolute Gasteiger partial charge is 0.392 e. The van der Waals surface area contributed by atoms with Gasteiger partial charge in [0.2, 0.25) is 0 Å². The van der Waals surface area contributed by atoms with Crippen molar-refractivity contribution in [2.45, 2.75) is 6.61 Å². The molecule has 0 saturated carbocycles. The predicted molar refractivity (Wildman–Crippen MR) is 75.6 cm³/mol. The Morgan fingerprint density at radius 2 is 1.61 bits per heavy atom. The Labute approximate surface area is 124 Å². The molecule has 6 heteroatoms. The van der Waals surface area contributed by atoms with Gasteiger partial charge in [-0.25, -0.2) is 4.98 Å². The lowest BCUT2D eigenvalue weighted by molar-refractivity contribution is 0.282. The van der Waals surface area contributed by atoms with Crippen LogP contribution in [0.15, 0.2) is 24.4 Å². The van der Waals surface area contributed by atoms with Gasteiger partial charge < -0.3 is 5.11 Å². The summed E-state index contributed by atoms with van der Waals surface area (Å²) >= 11 is 24.2. The Hall–Kier alpha value is -0.510.